The van der Waals surface area contributed by atoms with Crippen molar-refractivity contribution in [3.05, 3.63) is 36.1 Å². The Bertz CT molecular complexity index is 591. The topological polar surface area (TPSA) is 91.6 Å². The van der Waals surface area contributed by atoms with Crippen LogP contribution in [0.2, 0.25) is 0 Å². The third-order valence-electron chi connectivity index (χ3n) is 2.63. The quantitative estimate of drug-likeness (QED) is 0.764. The van der Waals surface area contributed by atoms with Crippen LogP contribution in [0.5, 0.6) is 0 Å². The second kappa shape index (κ2) is 5.90. The summed E-state index contributed by atoms with van der Waals surface area (Å²) >= 11 is 0. The summed E-state index contributed by atoms with van der Waals surface area (Å²) < 4.78 is 5.22. The van der Waals surface area contributed by atoms with E-state index in [-0.39, 0.29) is 18.9 Å². The third kappa shape index (κ3) is 3.74. The van der Waals surface area contributed by atoms with Gasteiger partial charge in [-0.3, -0.25) is 4.79 Å². The van der Waals surface area contributed by atoms with Gasteiger partial charge >= 0.3 is 6.09 Å². The first kappa shape index (κ1) is 12.9. The van der Waals surface area contributed by atoms with Crippen LogP contribution in [0.4, 0.5) is 4.79 Å². The highest BCUT2D eigenvalue weighted by molar-refractivity contribution is 5.79. The second-order valence-corrected chi connectivity index (χ2v) is 4.05. The van der Waals surface area contributed by atoms with Crippen molar-refractivity contribution >= 4 is 23.0 Å². The van der Waals surface area contributed by atoms with E-state index >= 15 is 0 Å². The summed E-state index contributed by atoms with van der Waals surface area (Å²) in [5.41, 5.74) is 1.77. The minimum absolute atomic E-state index is 0.113. The molecule has 0 atom stereocenters. The zero-order chi connectivity index (χ0) is 13.7. The lowest BCUT2D eigenvalue weighted by Crippen LogP contribution is -2.29. The van der Waals surface area contributed by atoms with E-state index in [0.717, 1.165) is 16.5 Å². The molecule has 2 rings (SSSR count). The summed E-state index contributed by atoms with van der Waals surface area (Å²) in [7, 11) is 0. The van der Waals surface area contributed by atoms with Gasteiger partial charge in [-0.05, 0) is 23.8 Å². The maximum Gasteiger partial charge on any atom is 0.404 e. The average Bonchev–Trinajstić information content (AvgIpc) is 2.83. The molecule has 0 radical (unpaired) electrons. The summed E-state index contributed by atoms with van der Waals surface area (Å²) in [6.45, 7) is 0.523. The maximum absolute atomic E-state index is 11.4. The SMILES string of the molecule is O=C(O)NCCC(=O)NCc1ccc2occc2c1. The predicted molar refractivity (Wildman–Crippen MR) is 68.7 cm³/mol. The van der Waals surface area contributed by atoms with E-state index in [9.17, 15) is 9.59 Å². The Morgan fingerprint density at radius 2 is 2.05 bits per heavy atom. The van der Waals surface area contributed by atoms with Crippen molar-refractivity contribution in [3.8, 4) is 0 Å². The minimum atomic E-state index is -1.13. The van der Waals surface area contributed by atoms with E-state index in [4.69, 9.17) is 9.52 Å². The van der Waals surface area contributed by atoms with E-state index in [1.54, 1.807) is 6.26 Å². The first-order chi connectivity index (χ1) is 9.15. The zero-order valence-corrected chi connectivity index (χ0v) is 10.2. The molecule has 6 nitrogen and oxygen atoms in total. The van der Waals surface area contributed by atoms with Gasteiger partial charge in [-0.1, -0.05) is 6.07 Å². The second-order valence-electron chi connectivity index (χ2n) is 4.05. The number of rotatable bonds is 5. The maximum atomic E-state index is 11.4. The molecule has 6 heteroatoms. The normalized spacial score (nSPS) is 10.3. The molecule has 100 valence electrons. The highest BCUT2D eigenvalue weighted by Crippen LogP contribution is 2.16. The van der Waals surface area contributed by atoms with Crippen LogP contribution in [0.1, 0.15) is 12.0 Å². The summed E-state index contributed by atoms with van der Waals surface area (Å²) in [6, 6.07) is 7.52. The Labute approximate surface area is 109 Å². The fourth-order valence-corrected chi connectivity index (χ4v) is 1.70. The van der Waals surface area contributed by atoms with Gasteiger partial charge in [0.2, 0.25) is 5.91 Å². The van der Waals surface area contributed by atoms with Gasteiger partial charge in [0.1, 0.15) is 5.58 Å². The number of benzene rings is 1. The van der Waals surface area contributed by atoms with E-state index in [1.807, 2.05) is 24.3 Å². The van der Waals surface area contributed by atoms with Crippen LogP contribution in [0.25, 0.3) is 11.0 Å². The van der Waals surface area contributed by atoms with Crippen LogP contribution < -0.4 is 10.6 Å². The van der Waals surface area contributed by atoms with Gasteiger partial charge in [0.05, 0.1) is 6.26 Å². The zero-order valence-electron chi connectivity index (χ0n) is 10.2. The average molecular weight is 262 g/mol. The van der Waals surface area contributed by atoms with Crippen LogP contribution in [0, 0.1) is 0 Å². The number of carbonyl (C=O) groups excluding carboxylic acids is 1. The fourth-order valence-electron chi connectivity index (χ4n) is 1.70. The lowest BCUT2D eigenvalue weighted by molar-refractivity contribution is -0.121. The number of fused-ring (bicyclic) bond motifs is 1. The van der Waals surface area contributed by atoms with Crippen molar-refractivity contribution in [1.82, 2.24) is 10.6 Å². The highest BCUT2D eigenvalue weighted by Gasteiger charge is 2.03. The molecule has 1 heterocycles. The number of hydrogen-bond donors (Lipinski definition) is 3. The van der Waals surface area contributed by atoms with Crippen LogP contribution in [-0.2, 0) is 11.3 Å². The number of furan rings is 1. The van der Waals surface area contributed by atoms with Crippen molar-refractivity contribution in [1.29, 1.82) is 0 Å². The van der Waals surface area contributed by atoms with E-state index in [0.29, 0.717) is 6.54 Å². The summed E-state index contributed by atoms with van der Waals surface area (Å²) in [6.07, 6.45) is 0.614. The van der Waals surface area contributed by atoms with Gasteiger partial charge in [0.15, 0.2) is 0 Å². The smallest absolute Gasteiger partial charge is 0.404 e. The molecule has 0 unspecified atom stereocenters. The van der Waals surface area contributed by atoms with Gasteiger partial charge in [0.25, 0.3) is 0 Å². The number of carbonyl (C=O) groups is 2. The Morgan fingerprint density at radius 3 is 2.84 bits per heavy atom. The van der Waals surface area contributed by atoms with Gasteiger partial charge in [-0.15, -0.1) is 0 Å². The Morgan fingerprint density at radius 1 is 1.21 bits per heavy atom. The van der Waals surface area contributed by atoms with Crippen molar-refractivity contribution in [2.24, 2.45) is 0 Å². The molecular weight excluding hydrogens is 248 g/mol. The summed E-state index contributed by atoms with van der Waals surface area (Å²) in [5, 5.41) is 14.2. The number of carboxylic acid groups (broad SMARTS) is 1. The lowest BCUT2D eigenvalue weighted by Gasteiger charge is -2.05. The highest BCUT2D eigenvalue weighted by atomic mass is 16.4. The first-order valence-corrected chi connectivity index (χ1v) is 5.85. The molecule has 0 bridgehead atoms. The molecule has 0 fully saturated rings. The molecule has 0 spiro atoms. The van der Waals surface area contributed by atoms with Gasteiger partial charge in [-0.25, -0.2) is 4.79 Å². The van der Waals surface area contributed by atoms with E-state index < -0.39 is 6.09 Å². The lowest BCUT2D eigenvalue weighted by atomic mass is 10.1. The number of hydrogen-bond acceptors (Lipinski definition) is 3. The minimum Gasteiger partial charge on any atom is -0.465 e. The largest absolute Gasteiger partial charge is 0.465 e. The standard InChI is InChI=1S/C13H14N2O4/c16-12(3-5-14-13(17)18)15-8-9-1-2-11-10(7-9)4-6-19-11/h1-2,4,6-7,14H,3,5,8H2,(H,15,16)(H,17,18). The van der Waals surface area contributed by atoms with Crippen LogP contribution >= 0.6 is 0 Å². The molecule has 3 N–H and O–H groups in total. The molecule has 0 aliphatic rings. The van der Waals surface area contributed by atoms with E-state index in [2.05, 4.69) is 10.6 Å². The third-order valence-corrected chi connectivity index (χ3v) is 2.63. The van der Waals surface area contributed by atoms with Crippen molar-refractivity contribution in [2.45, 2.75) is 13.0 Å². The molecule has 1 aromatic carbocycles. The van der Waals surface area contributed by atoms with Crippen molar-refractivity contribution in [2.75, 3.05) is 6.54 Å². The molecule has 0 aliphatic heterocycles. The van der Waals surface area contributed by atoms with Gasteiger partial charge < -0.3 is 20.2 Å². The molecule has 1 aromatic heterocycles. The summed E-state index contributed by atoms with van der Waals surface area (Å²) in [5.74, 6) is -0.193. The van der Waals surface area contributed by atoms with Crippen molar-refractivity contribution < 1.29 is 19.1 Å². The molecule has 0 aliphatic carbocycles. The Hall–Kier alpha value is -2.50. The molecule has 0 saturated heterocycles. The number of amides is 2. The van der Waals surface area contributed by atoms with Crippen molar-refractivity contribution in [3.63, 3.8) is 0 Å². The van der Waals surface area contributed by atoms with Crippen LogP contribution in [0.15, 0.2) is 34.9 Å². The monoisotopic (exact) mass is 262 g/mol. The fraction of sp³-hybridized carbons (Fsp3) is 0.231. The number of nitrogens with one attached hydrogen (secondary N) is 2. The Kier molecular flexibility index (Phi) is 4.02. The van der Waals surface area contributed by atoms with Gasteiger partial charge in [-0.2, -0.15) is 0 Å². The Balaban J connectivity index is 1.81. The summed E-state index contributed by atoms with van der Waals surface area (Å²) in [4.78, 5) is 21.7. The molecule has 19 heavy (non-hydrogen) atoms. The van der Waals surface area contributed by atoms with Gasteiger partial charge in [0, 0.05) is 24.9 Å². The molecule has 2 amide bonds. The molecule has 0 saturated carbocycles. The first-order valence-electron chi connectivity index (χ1n) is 5.85. The predicted octanol–water partition coefficient (Wildman–Crippen LogP) is 1.71. The molecular formula is C13H14N2O4. The van der Waals surface area contributed by atoms with E-state index in [1.165, 1.54) is 0 Å². The van der Waals surface area contributed by atoms with Crippen LogP contribution in [-0.4, -0.2) is 23.7 Å². The van der Waals surface area contributed by atoms with Crippen LogP contribution in [0.3, 0.4) is 0 Å². The molecule has 2 aromatic rings.